The van der Waals surface area contributed by atoms with Gasteiger partial charge in [0.25, 0.3) is 0 Å². The van der Waals surface area contributed by atoms with Crippen molar-refractivity contribution in [3.05, 3.63) is 17.7 Å². The van der Waals surface area contributed by atoms with Crippen LogP contribution in [-0.2, 0) is 19.4 Å². The zero-order valence-electron chi connectivity index (χ0n) is 8.87. The van der Waals surface area contributed by atoms with Gasteiger partial charge in [0, 0.05) is 12.2 Å². The van der Waals surface area contributed by atoms with Gasteiger partial charge in [-0.05, 0) is 38.1 Å². The largest absolute Gasteiger partial charge is 0.334 e. The Labute approximate surface area is 85.3 Å². The second-order valence-electron chi connectivity index (χ2n) is 4.33. The number of fused-ring (bicyclic) bond motifs is 1. The van der Waals surface area contributed by atoms with Gasteiger partial charge in [0.15, 0.2) is 0 Å². The van der Waals surface area contributed by atoms with E-state index in [9.17, 15) is 0 Å². The average molecular weight is 193 g/mol. The van der Waals surface area contributed by atoms with Crippen molar-refractivity contribution in [2.24, 2.45) is 11.7 Å². The molecule has 3 heteroatoms. The summed E-state index contributed by atoms with van der Waals surface area (Å²) in [5.41, 5.74) is 8.37. The van der Waals surface area contributed by atoms with E-state index in [4.69, 9.17) is 5.73 Å². The van der Waals surface area contributed by atoms with Crippen LogP contribution in [-0.4, -0.2) is 16.1 Å². The van der Waals surface area contributed by atoms with Gasteiger partial charge in [-0.3, -0.25) is 0 Å². The van der Waals surface area contributed by atoms with Crippen molar-refractivity contribution in [2.75, 3.05) is 6.54 Å². The van der Waals surface area contributed by atoms with Crippen molar-refractivity contribution in [2.45, 2.75) is 39.2 Å². The van der Waals surface area contributed by atoms with Crippen LogP contribution in [0.1, 0.15) is 31.2 Å². The maximum Gasteiger partial charge on any atom is 0.0951 e. The molecule has 0 spiro atoms. The van der Waals surface area contributed by atoms with Crippen molar-refractivity contribution < 1.29 is 0 Å². The molecule has 14 heavy (non-hydrogen) atoms. The first-order valence-electron chi connectivity index (χ1n) is 5.54. The number of aryl methyl sites for hydroxylation is 1. The number of rotatable bonds is 3. The Morgan fingerprint density at radius 3 is 3.21 bits per heavy atom. The molecule has 78 valence electrons. The Balaban J connectivity index is 2.14. The van der Waals surface area contributed by atoms with Gasteiger partial charge in [-0.25, -0.2) is 4.98 Å². The van der Waals surface area contributed by atoms with Gasteiger partial charge in [0.1, 0.15) is 0 Å². The fraction of sp³-hybridized carbons (Fsp3) is 0.727. The SMILES string of the molecule is CC(CN)Cc1ncn2c1CCCC2. The van der Waals surface area contributed by atoms with E-state index in [1.54, 1.807) is 0 Å². The van der Waals surface area contributed by atoms with E-state index in [1.165, 1.54) is 30.7 Å². The lowest BCUT2D eigenvalue weighted by molar-refractivity contribution is 0.521. The number of nitrogens with two attached hydrogens (primary N) is 1. The molecule has 1 aliphatic rings. The van der Waals surface area contributed by atoms with Crippen molar-refractivity contribution in [1.82, 2.24) is 9.55 Å². The quantitative estimate of drug-likeness (QED) is 0.787. The lowest BCUT2D eigenvalue weighted by atomic mass is 10.0. The van der Waals surface area contributed by atoms with Crippen LogP contribution in [0.3, 0.4) is 0 Å². The molecule has 0 radical (unpaired) electrons. The van der Waals surface area contributed by atoms with E-state index < -0.39 is 0 Å². The summed E-state index contributed by atoms with van der Waals surface area (Å²) in [4.78, 5) is 4.49. The molecular weight excluding hydrogens is 174 g/mol. The third-order valence-corrected chi connectivity index (χ3v) is 3.04. The predicted octanol–water partition coefficient (Wildman–Crippen LogP) is 1.36. The number of hydrogen-bond donors (Lipinski definition) is 1. The minimum atomic E-state index is 0.552. The molecule has 0 aromatic carbocycles. The van der Waals surface area contributed by atoms with Crippen LogP contribution in [0.2, 0.25) is 0 Å². The molecule has 1 unspecified atom stereocenters. The van der Waals surface area contributed by atoms with Crippen molar-refractivity contribution in [1.29, 1.82) is 0 Å². The third-order valence-electron chi connectivity index (χ3n) is 3.04. The maximum absolute atomic E-state index is 5.63. The fourth-order valence-electron chi connectivity index (χ4n) is 2.09. The lowest BCUT2D eigenvalue weighted by Crippen LogP contribution is -2.16. The van der Waals surface area contributed by atoms with E-state index in [2.05, 4.69) is 16.5 Å². The zero-order valence-corrected chi connectivity index (χ0v) is 8.87. The molecule has 0 saturated heterocycles. The van der Waals surface area contributed by atoms with Crippen LogP contribution < -0.4 is 5.73 Å². The van der Waals surface area contributed by atoms with E-state index >= 15 is 0 Å². The molecule has 1 aromatic heterocycles. The van der Waals surface area contributed by atoms with Crippen LogP contribution in [0.15, 0.2) is 6.33 Å². The van der Waals surface area contributed by atoms with Crippen molar-refractivity contribution >= 4 is 0 Å². The Kier molecular flexibility index (Phi) is 2.87. The topological polar surface area (TPSA) is 43.8 Å². The smallest absolute Gasteiger partial charge is 0.0951 e. The molecule has 1 aromatic rings. The maximum atomic E-state index is 5.63. The molecule has 0 aliphatic carbocycles. The zero-order chi connectivity index (χ0) is 9.97. The summed E-state index contributed by atoms with van der Waals surface area (Å²) in [7, 11) is 0. The summed E-state index contributed by atoms with van der Waals surface area (Å²) < 4.78 is 2.31. The number of hydrogen-bond acceptors (Lipinski definition) is 2. The fourth-order valence-corrected chi connectivity index (χ4v) is 2.09. The molecule has 1 aliphatic heterocycles. The number of aromatic nitrogens is 2. The summed E-state index contributed by atoms with van der Waals surface area (Å²) in [6, 6.07) is 0. The number of nitrogens with zero attached hydrogens (tertiary/aromatic N) is 2. The monoisotopic (exact) mass is 193 g/mol. The highest BCUT2D eigenvalue weighted by Gasteiger charge is 2.15. The molecule has 3 nitrogen and oxygen atoms in total. The molecular formula is C11H19N3. The van der Waals surface area contributed by atoms with Crippen LogP contribution >= 0.6 is 0 Å². The normalized spacial score (nSPS) is 17.9. The molecule has 0 bridgehead atoms. The van der Waals surface area contributed by atoms with E-state index in [0.717, 1.165) is 19.5 Å². The first-order valence-corrected chi connectivity index (χ1v) is 5.54. The molecule has 2 heterocycles. The Hall–Kier alpha value is -0.830. The van der Waals surface area contributed by atoms with Gasteiger partial charge in [0.2, 0.25) is 0 Å². The predicted molar refractivity (Wildman–Crippen MR) is 57.1 cm³/mol. The van der Waals surface area contributed by atoms with E-state index in [-0.39, 0.29) is 0 Å². The van der Waals surface area contributed by atoms with Crippen LogP contribution in [0.5, 0.6) is 0 Å². The minimum absolute atomic E-state index is 0.552. The third kappa shape index (κ3) is 1.82. The second kappa shape index (κ2) is 4.13. The first-order chi connectivity index (χ1) is 6.81. The van der Waals surface area contributed by atoms with Gasteiger partial charge in [-0.15, -0.1) is 0 Å². The summed E-state index contributed by atoms with van der Waals surface area (Å²) in [5, 5.41) is 0. The Morgan fingerprint density at radius 1 is 1.57 bits per heavy atom. The highest BCUT2D eigenvalue weighted by molar-refractivity contribution is 5.15. The highest BCUT2D eigenvalue weighted by atomic mass is 15.1. The lowest BCUT2D eigenvalue weighted by Gasteiger charge is -2.16. The molecule has 1 atom stereocenters. The molecule has 0 saturated carbocycles. The summed E-state index contributed by atoms with van der Waals surface area (Å²) in [6.07, 6.45) is 6.85. The van der Waals surface area contributed by atoms with E-state index in [0.29, 0.717) is 5.92 Å². The first kappa shape index (κ1) is 9.71. The standard InChI is InChI=1S/C11H19N3/c1-9(7-12)6-10-11-4-2-3-5-14(11)8-13-10/h8-9H,2-7,12H2,1H3. The average Bonchev–Trinajstić information content (AvgIpc) is 2.62. The van der Waals surface area contributed by atoms with Crippen molar-refractivity contribution in [3.8, 4) is 0 Å². The Bertz CT molecular complexity index is 303. The minimum Gasteiger partial charge on any atom is -0.334 e. The Morgan fingerprint density at radius 2 is 2.43 bits per heavy atom. The molecule has 2 rings (SSSR count). The van der Waals surface area contributed by atoms with Crippen molar-refractivity contribution in [3.63, 3.8) is 0 Å². The number of imidazole rings is 1. The summed E-state index contributed by atoms with van der Waals surface area (Å²) in [6.45, 7) is 4.10. The van der Waals surface area contributed by atoms with Crippen LogP contribution in [0.4, 0.5) is 0 Å². The molecule has 2 N–H and O–H groups in total. The van der Waals surface area contributed by atoms with Gasteiger partial charge < -0.3 is 10.3 Å². The van der Waals surface area contributed by atoms with E-state index in [1.807, 2.05) is 6.33 Å². The van der Waals surface area contributed by atoms with Gasteiger partial charge in [-0.2, -0.15) is 0 Å². The molecule has 0 amide bonds. The summed E-state index contributed by atoms with van der Waals surface area (Å²) in [5.74, 6) is 0.552. The molecule has 0 fully saturated rings. The van der Waals surface area contributed by atoms with Gasteiger partial charge >= 0.3 is 0 Å². The highest BCUT2D eigenvalue weighted by Crippen LogP contribution is 2.19. The van der Waals surface area contributed by atoms with Gasteiger partial charge in [-0.1, -0.05) is 6.92 Å². The second-order valence-corrected chi connectivity index (χ2v) is 4.33. The van der Waals surface area contributed by atoms with Crippen LogP contribution in [0, 0.1) is 5.92 Å². The summed E-state index contributed by atoms with van der Waals surface area (Å²) >= 11 is 0. The van der Waals surface area contributed by atoms with Crippen LogP contribution in [0.25, 0.3) is 0 Å². The van der Waals surface area contributed by atoms with Gasteiger partial charge in [0.05, 0.1) is 12.0 Å².